The number of likely N-dealkylation sites (N-methyl/N-ethyl adjacent to an activating group) is 1. The molecular weight excluding hydrogens is 236 g/mol. The van der Waals surface area contributed by atoms with E-state index in [2.05, 4.69) is 28.5 Å². The lowest BCUT2D eigenvalue weighted by molar-refractivity contribution is 0.108. The minimum Gasteiger partial charge on any atom is -0.338 e. The fraction of sp³-hybridized carbons (Fsp3) is 0.800. The number of aromatic nitrogens is 2. The van der Waals surface area contributed by atoms with E-state index in [9.17, 15) is 0 Å². The molecule has 0 atom stereocenters. The van der Waals surface area contributed by atoms with E-state index in [1.165, 1.54) is 38.5 Å². The Morgan fingerprint density at radius 2 is 2.00 bits per heavy atom. The normalized spacial score (nSPS) is 19.6. The van der Waals surface area contributed by atoms with Gasteiger partial charge in [-0.1, -0.05) is 25.7 Å². The summed E-state index contributed by atoms with van der Waals surface area (Å²) in [6.45, 7) is 1.83. The molecule has 1 aliphatic carbocycles. The van der Waals surface area contributed by atoms with Crippen molar-refractivity contribution >= 4 is 0 Å². The van der Waals surface area contributed by atoms with Gasteiger partial charge in [-0.25, -0.2) is 4.98 Å². The second-order valence-corrected chi connectivity index (χ2v) is 5.97. The van der Waals surface area contributed by atoms with Crippen LogP contribution < -0.4 is 5.73 Å². The first-order valence-electron chi connectivity index (χ1n) is 7.55. The zero-order valence-corrected chi connectivity index (χ0v) is 12.4. The standard InChI is InChI=1S/C15H28N4/c1-18-12-10-17-14(18)7-11-19(2)15(13-16)8-5-3-4-6-9-15/h10,12H,3-9,11,13,16H2,1-2H3. The molecule has 1 aromatic heterocycles. The molecule has 0 unspecified atom stereocenters. The maximum absolute atomic E-state index is 6.12. The average Bonchev–Trinajstić information content (AvgIpc) is 2.68. The highest BCUT2D eigenvalue weighted by atomic mass is 15.2. The van der Waals surface area contributed by atoms with Crippen molar-refractivity contribution in [2.45, 2.75) is 50.5 Å². The van der Waals surface area contributed by atoms with Gasteiger partial charge in [-0.05, 0) is 19.9 Å². The van der Waals surface area contributed by atoms with Crippen molar-refractivity contribution in [1.29, 1.82) is 0 Å². The molecular formula is C15H28N4. The Kier molecular flexibility index (Phi) is 4.99. The van der Waals surface area contributed by atoms with Gasteiger partial charge in [0.2, 0.25) is 0 Å². The summed E-state index contributed by atoms with van der Waals surface area (Å²) in [4.78, 5) is 6.90. The first-order valence-corrected chi connectivity index (χ1v) is 7.55. The maximum Gasteiger partial charge on any atom is 0.109 e. The zero-order valence-electron chi connectivity index (χ0n) is 12.4. The van der Waals surface area contributed by atoms with Crippen molar-refractivity contribution < 1.29 is 0 Å². The second kappa shape index (κ2) is 6.53. The predicted octanol–water partition coefficient (Wildman–Crippen LogP) is 1.95. The van der Waals surface area contributed by atoms with Crippen LogP contribution in [0.15, 0.2) is 12.4 Å². The highest BCUT2D eigenvalue weighted by molar-refractivity contribution is 4.96. The summed E-state index contributed by atoms with van der Waals surface area (Å²) in [5.74, 6) is 1.16. The van der Waals surface area contributed by atoms with Crippen molar-refractivity contribution in [2.24, 2.45) is 12.8 Å². The van der Waals surface area contributed by atoms with Gasteiger partial charge >= 0.3 is 0 Å². The van der Waals surface area contributed by atoms with Gasteiger partial charge in [0.05, 0.1) is 0 Å². The Hall–Kier alpha value is -0.870. The molecule has 0 bridgehead atoms. The molecule has 19 heavy (non-hydrogen) atoms. The smallest absolute Gasteiger partial charge is 0.109 e. The number of rotatable bonds is 5. The summed E-state index contributed by atoms with van der Waals surface area (Å²) in [6, 6.07) is 0. The molecule has 1 aliphatic rings. The van der Waals surface area contributed by atoms with Crippen LogP contribution in [-0.4, -0.2) is 40.1 Å². The number of hydrogen-bond donors (Lipinski definition) is 1. The van der Waals surface area contributed by atoms with Crippen molar-refractivity contribution in [3.63, 3.8) is 0 Å². The lowest BCUT2D eigenvalue weighted by Crippen LogP contribution is -2.52. The van der Waals surface area contributed by atoms with Crippen LogP contribution in [0, 0.1) is 0 Å². The molecule has 4 heteroatoms. The third-order valence-electron chi connectivity index (χ3n) is 4.82. The van der Waals surface area contributed by atoms with Gasteiger partial charge < -0.3 is 10.3 Å². The molecule has 0 radical (unpaired) electrons. The van der Waals surface area contributed by atoms with Gasteiger partial charge in [0, 0.05) is 44.5 Å². The summed E-state index contributed by atoms with van der Waals surface area (Å²) in [6.07, 6.45) is 12.8. The van der Waals surface area contributed by atoms with E-state index < -0.39 is 0 Å². The van der Waals surface area contributed by atoms with Crippen LogP contribution in [-0.2, 0) is 13.5 Å². The fourth-order valence-electron chi connectivity index (χ4n) is 3.27. The molecule has 0 amide bonds. The van der Waals surface area contributed by atoms with Crippen LogP contribution in [0.25, 0.3) is 0 Å². The fourth-order valence-corrected chi connectivity index (χ4v) is 3.27. The summed E-state index contributed by atoms with van der Waals surface area (Å²) < 4.78 is 2.11. The molecule has 2 N–H and O–H groups in total. The number of aryl methyl sites for hydroxylation is 1. The first kappa shape index (κ1) is 14.5. The topological polar surface area (TPSA) is 47.1 Å². The zero-order chi connectivity index (χ0) is 13.7. The van der Waals surface area contributed by atoms with E-state index in [0.29, 0.717) is 0 Å². The van der Waals surface area contributed by atoms with E-state index in [0.717, 1.165) is 25.3 Å². The van der Waals surface area contributed by atoms with Crippen LogP contribution in [0.1, 0.15) is 44.3 Å². The highest BCUT2D eigenvalue weighted by Crippen LogP contribution is 2.31. The van der Waals surface area contributed by atoms with Crippen LogP contribution in [0.2, 0.25) is 0 Å². The van der Waals surface area contributed by atoms with Gasteiger partial charge in [-0.2, -0.15) is 0 Å². The Bertz CT molecular complexity index is 377. The van der Waals surface area contributed by atoms with Crippen molar-refractivity contribution in [3.05, 3.63) is 18.2 Å². The number of hydrogen-bond acceptors (Lipinski definition) is 3. The summed E-state index contributed by atoms with van der Waals surface area (Å²) in [5, 5.41) is 0. The van der Waals surface area contributed by atoms with E-state index in [4.69, 9.17) is 5.73 Å². The number of imidazole rings is 1. The van der Waals surface area contributed by atoms with Crippen LogP contribution in [0.5, 0.6) is 0 Å². The molecule has 1 fully saturated rings. The summed E-state index contributed by atoms with van der Waals surface area (Å²) in [7, 11) is 4.30. The van der Waals surface area contributed by atoms with E-state index in [1.807, 2.05) is 12.4 Å². The quantitative estimate of drug-likeness (QED) is 0.827. The monoisotopic (exact) mass is 264 g/mol. The third kappa shape index (κ3) is 3.37. The molecule has 0 aromatic carbocycles. The Labute approximate surface area is 117 Å². The van der Waals surface area contributed by atoms with Gasteiger partial charge in [0.15, 0.2) is 0 Å². The molecule has 1 saturated carbocycles. The molecule has 1 aromatic rings. The van der Waals surface area contributed by atoms with Gasteiger partial charge in [0.1, 0.15) is 5.82 Å². The third-order valence-corrected chi connectivity index (χ3v) is 4.82. The lowest BCUT2D eigenvalue weighted by Gasteiger charge is -2.41. The number of nitrogens with zero attached hydrogens (tertiary/aromatic N) is 3. The predicted molar refractivity (Wildman–Crippen MR) is 79.0 cm³/mol. The number of nitrogens with two attached hydrogens (primary N) is 1. The molecule has 0 saturated heterocycles. The summed E-state index contributed by atoms with van der Waals surface area (Å²) in [5.41, 5.74) is 6.35. The van der Waals surface area contributed by atoms with Crippen LogP contribution >= 0.6 is 0 Å². The molecule has 4 nitrogen and oxygen atoms in total. The minimum absolute atomic E-state index is 0.224. The average molecular weight is 264 g/mol. The second-order valence-electron chi connectivity index (χ2n) is 5.97. The molecule has 2 rings (SSSR count). The highest BCUT2D eigenvalue weighted by Gasteiger charge is 2.33. The molecule has 108 valence electrons. The van der Waals surface area contributed by atoms with E-state index >= 15 is 0 Å². The van der Waals surface area contributed by atoms with Crippen molar-refractivity contribution in [1.82, 2.24) is 14.5 Å². The molecule has 1 heterocycles. The Morgan fingerprint density at radius 3 is 2.53 bits per heavy atom. The van der Waals surface area contributed by atoms with E-state index in [1.54, 1.807) is 0 Å². The van der Waals surface area contributed by atoms with Gasteiger partial charge in [-0.3, -0.25) is 4.90 Å². The Morgan fingerprint density at radius 1 is 1.32 bits per heavy atom. The SMILES string of the molecule is CN(CCc1nccn1C)C1(CN)CCCCCC1. The van der Waals surface area contributed by atoms with Crippen molar-refractivity contribution in [2.75, 3.05) is 20.1 Å². The first-order chi connectivity index (χ1) is 9.18. The van der Waals surface area contributed by atoms with Crippen LogP contribution in [0.4, 0.5) is 0 Å². The summed E-state index contributed by atoms with van der Waals surface area (Å²) >= 11 is 0. The molecule has 0 spiro atoms. The maximum atomic E-state index is 6.12. The largest absolute Gasteiger partial charge is 0.338 e. The van der Waals surface area contributed by atoms with Crippen molar-refractivity contribution in [3.8, 4) is 0 Å². The Balaban J connectivity index is 1.96. The minimum atomic E-state index is 0.224. The van der Waals surface area contributed by atoms with Gasteiger partial charge in [0.25, 0.3) is 0 Å². The van der Waals surface area contributed by atoms with E-state index in [-0.39, 0.29) is 5.54 Å². The van der Waals surface area contributed by atoms with Crippen LogP contribution in [0.3, 0.4) is 0 Å². The molecule has 0 aliphatic heterocycles. The lowest BCUT2D eigenvalue weighted by atomic mass is 9.88. The van der Waals surface area contributed by atoms with Gasteiger partial charge in [-0.15, -0.1) is 0 Å².